The van der Waals surface area contributed by atoms with Crippen molar-refractivity contribution < 1.29 is 9.53 Å². The second-order valence-corrected chi connectivity index (χ2v) is 6.58. The Kier molecular flexibility index (Phi) is 5.21. The van der Waals surface area contributed by atoms with Crippen molar-refractivity contribution in [3.63, 3.8) is 0 Å². The first-order chi connectivity index (χ1) is 13.3. The molecule has 5 heteroatoms. The Hall–Kier alpha value is -3.05. The third-order valence-corrected chi connectivity index (χ3v) is 4.80. The number of nitrogens with zero attached hydrogens (tertiary/aromatic N) is 2. The molecule has 1 aromatic heterocycles. The molecule has 4 rings (SSSR count). The molecule has 1 atom stereocenters. The van der Waals surface area contributed by atoms with E-state index in [0.717, 1.165) is 43.2 Å². The van der Waals surface area contributed by atoms with Crippen LogP contribution in [0.5, 0.6) is 0 Å². The average molecular weight is 361 g/mol. The molecule has 1 saturated heterocycles. The first kappa shape index (κ1) is 17.4. The zero-order valence-electron chi connectivity index (χ0n) is 15.1. The third kappa shape index (κ3) is 4.04. The summed E-state index contributed by atoms with van der Waals surface area (Å²) < 4.78 is 7.32. The molecule has 1 aliphatic heterocycles. The van der Waals surface area contributed by atoms with Crippen molar-refractivity contribution >= 4 is 17.3 Å². The number of hydrogen-bond acceptors (Lipinski definition) is 3. The van der Waals surface area contributed by atoms with E-state index in [-0.39, 0.29) is 5.91 Å². The molecule has 1 aliphatic rings. The first-order valence-corrected chi connectivity index (χ1v) is 9.22. The van der Waals surface area contributed by atoms with E-state index in [1.807, 2.05) is 83.7 Å². The van der Waals surface area contributed by atoms with Crippen LogP contribution in [0, 0.1) is 0 Å². The minimum atomic E-state index is -0.403. The van der Waals surface area contributed by atoms with Crippen molar-refractivity contribution in [2.24, 2.45) is 0 Å². The summed E-state index contributed by atoms with van der Waals surface area (Å²) in [7, 11) is 0. The summed E-state index contributed by atoms with van der Waals surface area (Å²) in [5, 5.41) is 3.06. The Morgan fingerprint density at radius 3 is 2.22 bits per heavy atom. The molecule has 5 nitrogen and oxygen atoms in total. The van der Waals surface area contributed by atoms with Gasteiger partial charge in [-0.05, 0) is 42.0 Å². The summed E-state index contributed by atoms with van der Waals surface area (Å²) in [6, 6.07) is 21.3. The van der Waals surface area contributed by atoms with Gasteiger partial charge in [-0.25, -0.2) is 0 Å². The molecular weight excluding hydrogens is 338 g/mol. The first-order valence-electron chi connectivity index (χ1n) is 9.22. The van der Waals surface area contributed by atoms with Gasteiger partial charge >= 0.3 is 0 Å². The molecule has 3 aromatic rings. The lowest BCUT2D eigenvalue weighted by molar-refractivity contribution is -0.118. The number of benzene rings is 2. The molecule has 0 radical (unpaired) electrons. The smallest absolute Gasteiger partial charge is 0.252 e. The molecule has 1 N–H and O–H groups in total. The van der Waals surface area contributed by atoms with Crippen LogP contribution in [0.25, 0.3) is 0 Å². The zero-order chi connectivity index (χ0) is 18.5. The van der Waals surface area contributed by atoms with Crippen LogP contribution in [0.4, 0.5) is 11.4 Å². The van der Waals surface area contributed by atoms with Gasteiger partial charge in [0.1, 0.15) is 6.04 Å². The molecule has 1 fully saturated rings. The monoisotopic (exact) mass is 361 g/mol. The summed E-state index contributed by atoms with van der Waals surface area (Å²) in [6.45, 7) is 3.31. The van der Waals surface area contributed by atoms with Gasteiger partial charge in [-0.3, -0.25) is 4.79 Å². The van der Waals surface area contributed by atoms with Crippen LogP contribution in [0.3, 0.4) is 0 Å². The van der Waals surface area contributed by atoms with Crippen molar-refractivity contribution in [2.75, 3.05) is 36.5 Å². The van der Waals surface area contributed by atoms with Gasteiger partial charge in [0, 0.05) is 36.9 Å². The zero-order valence-corrected chi connectivity index (χ0v) is 15.1. The van der Waals surface area contributed by atoms with Crippen molar-refractivity contribution in [1.82, 2.24) is 4.57 Å². The number of rotatable bonds is 5. The van der Waals surface area contributed by atoms with Crippen LogP contribution in [0.15, 0.2) is 79.1 Å². The minimum Gasteiger partial charge on any atom is -0.378 e. The predicted molar refractivity (Wildman–Crippen MR) is 107 cm³/mol. The number of morpholine rings is 1. The number of carbonyl (C=O) groups is 1. The Balaban J connectivity index is 1.51. The number of nitrogens with one attached hydrogen (secondary N) is 1. The van der Waals surface area contributed by atoms with E-state index in [2.05, 4.69) is 10.2 Å². The van der Waals surface area contributed by atoms with Crippen LogP contribution in [0.2, 0.25) is 0 Å². The number of amides is 1. The van der Waals surface area contributed by atoms with Gasteiger partial charge in [0.15, 0.2) is 0 Å². The van der Waals surface area contributed by atoms with Crippen molar-refractivity contribution in [3.8, 4) is 0 Å². The standard InChI is InChI=1S/C22H23N3O2/c26-22(21(25-12-4-5-13-25)18-6-2-1-3-7-18)23-19-8-10-20(11-9-19)24-14-16-27-17-15-24/h1-13,21H,14-17H2,(H,23,26)/t21-/m0/s1. The van der Waals surface area contributed by atoms with Crippen molar-refractivity contribution in [3.05, 3.63) is 84.7 Å². The number of aromatic nitrogens is 1. The fourth-order valence-electron chi connectivity index (χ4n) is 3.40. The van der Waals surface area contributed by atoms with Crippen LogP contribution in [-0.4, -0.2) is 36.8 Å². The largest absolute Gasteiger partial charge is 0.378 e. The summed E-state index contributed by atoms with van der Waals surface area (Å²) >= 11 is 0. The van der Waals surface area contributed by atoms with Crippen LogP contribution in [-0.2, 0) is 9.53 Å². The average Bonchev–Trinajstić information content (AvgIpc) is 3.24. The topological polar surface area (TPSA) is 46.5 Å². The van der Waals surface area contributed by atoms with E-state index in [1.165, 1.54) is 0 Å². The van der Waals surface area contributed by atoms with Crippen molar-refractivity contribution in [2.45, 2.75) is 6.04 Å². The number of anilines is 2. The molecule has 2 heterocycles. The lowest BCUT2D eigenvalue weighted by Crippen LogP contribution is -2.36. The molecular formula is C22H23N3O2. The van der Waals surface area contributed by atoms with Gasteiger partial charge in [0.05, 0.1) is 13.2 Å². The minimum absolute atomic E-state index is 0.0588. The maximum Gasteiger partial charge on any atom is 0.252 e. The summed E-state index contributed by atoms with van der Waals surface area (Å²) in [5.41, 5.74) is 2.91. The normalized spacial score (nSPS) is 15.3. The molecule has 138 valence electrons. The lowest BCUT2D eigenvalue weighted by atomic mass is 10.1. The molecule has 2 aromatic carbocycles. The van der Waals surface area contributed by atoms with Gasteiger partial charge in [0.25, 0.3) is 5.91 Å². The van der Waals surface area contributed by atoms with E-state index >= 15 is 0 Å². The fourth-order valence-corrected chi connectivity index (χ4v) is 3.40. The highest BCUT2D eigenvalue weighted by Gasteiger charge is 2.22. The highest BCUT2D eigenvalue weighted by Crippen LogP contribution is 2.23. The van der Waals surface area contributed by atoms with Gasteiger partial charge in [0.2, 0.25) is 0 Å². The fraction of sp³-hybridized carbons (Fsp3) is 0.227. The Labute approximate surface area is 159 Å². The summed E-state index contributed by atoms with van der Waals surface area (Å²) in [5.74, 6) is -0.0588. The van der Waals surface area contributed by atoms with E-state index in [9.17, 15) is 4.79 Å². The van der Waals surface area contributed by atoms with Gasteiger partial charge < -0.3 is 19.5 Å². The van der Waals surface area contributed by atoms with Gasteiger partial charge in [-0.15, -0.1) is 0 Å². The van der Waals surface area contributed by atoms with E-state index in [4.69, 9.17) is 4.74 Å². The molecule has 0 unspecified atom stereocenters. The van der Waals surface area contributed by atoms with Crippen LogP contribution in [0.1, 0.15) is 11.6 Å². The maximum atomic E-state index is 13.0. The quantitative estimate of drug-likeness (QED) is 0.756. The third-order valence-electron chi connectivity index (χ3n) is 4.80. The van der Waals surface area contributed by atoms with E-state index < -0.39 is 6.04 Å². The maximum absolute atomic E-state index is 13.0. The summed E-state index contributed by atoms with van der Waals surface area (Å²) in [4.78, 5) is 15.3. The molecule has 0 aliphatic carbocycles. The Bertz CT molecular complexity index is 854. The predicted octanol–water partition coefficient (Wildman–Crippen LogP) is 3.55. The Morgan fingerprint density at radius 1 is 0.889 bits per heavy atom. The van der Waals surface area contributed by atoms with Crippen molar-refractivity contribution in [1.29, 1.82) is 0 Å². The number of carbonyl (C=O) groups excluding carboxylic acids is 1. The van der Waals surface area contributed by atoms with Gasteiger partial charge in [-0.1, -0.05) is 30.3 Å². The lowest BCUT2D eigenvalue weighted by Gasteiger charge is -2.29. The highest BCUT2D eigenvalue weighted by atomic mass is 16.5. The van der Waals surface area contributed by atoms with Gasteiger partial charge in [-0.2, -0.15) is 0 Å². The molecule has 1 amide bonds. The molecule has 0 saturated carbocycles. The molecule has 0 bridgehead atoms. The summed E-state index contributed by atoms with van der Waals surface area (Å²) in [6.07, 6.45) is 3.83. The SMILES string of the molecule is O=C(Nc1ccc(N2CCOCC2)cc1)[C@H](c1ccccc1)n1cccc1. The molecule has 27 heavy (non-hydrogen) atoms. The second-order valence-electron chi connectivity index (χ2n) is 6.58. The van der Waals surface area contributed by atoms with Crippen LogP contribution < -0.4 is 10.2 Å². The molecule has 0 spiro atoms. The Morgan fingerprint density at radius 2 is 1.56 bits per heavy atom. The second kappa shape index (κ2) is 8.10. The highest BCUT2D eigenvalue weighted by molar-refractivity contribution is 5.96. The number of hydrogen-bond donors (Lipinski definition) is 1. The van der Waals surface area contributed by atoms with Crippen LogP contribution >= 0.6 is 0 Å². The van der Waals surface area contributed by atoms with E-state index in [0.29, 0.717) is 0 Å². The van der Waals surface area contributed by atoms with E-state index in [1.54, 1.807) is 0 Å². The number of ether oxygens (including phenoxy) is 1.